The molecule has 0 aliphatic rings. The Hall–Kier alpha value is -2.84. The molecular formula is C18H15F5O4. The highest BCUT2D eigenvalue weighted by atomic mass is 19.4. The summed E-state index contributed by atoms with van der Waals surface area (Å²) in [7, 11) is 0.986. The minimum atomic E-state index is -4.79. The van der Waals surface area contributed by atoms with Crippen LogP contribution in [0.2, 0.25) is 0 Å². The van der Waals surface area contributed by atoms with E-state index in [1.807, 2.05) is 0 Å². The zero-order chi connectivity index (χ0) is 20.2. The number of benzene rings is 2. The minimum Gasteiger partial charge on any atom is -0.486 e. The van der Waals surface area contributed by atoms with Crippen LogP contribution in [0.25, 0.3) is 0 Å². The molecule has 4 nitrogen and oxygen atoms in total. The van der Waals surface area contributed by atoms with Gasteiger partial charge in [0.2, 0.25) is 0 Å². The fourth-order valence-corrected chi connectivity index (χ4v) is 2.31. The zero-order valence-electron chi connectivity index (χ0n) is 14.3. The van der Waals surface area contributed by atoms with Crippen LogP contribution in [0.3, 0.4) is 0 Å². The molecule has 0 unspecified atom stereocenters. The van der Waals surface area contributed by atoms with Crippen molar-refractivity contribution in [2.45, 2.75) is 26.1 Å². The number of carbonyl (C=O) groups is 1. The van der Waals surface area contributed by atoms with E-state index in [1.165, 1.54) is 0 Å². The maximum Gasteiger partial charge on any atom is 0.513 e. The molecular weight excluding hydrogens is 375 g/mol. The van der Waals surface area contributed by atoms with Gasteiger partial charge in [-0.25, -0.2) is 13.6 Å². The quantitative estimate of drug-likeness (QED) is 0.396. The van der Waals surface area contributed by atoms with Crippen LogP contribution >= 0.6 is 0 Å². The molecule has 146 valence electrons. The lowest BCUT2D eigenvalue weighted by Gasteiger charge is -2.17. The summed E-state index contributed by atoms with van der Waals surface area (Å²) in [5.41, 5.74) is -1.60. The average Bonchev–Trinajstić information content (AvgIpc) is 2.61. The van der Waals surface area contributed by atoms with Crippen molar-refractivity contribution in [1.29, 1.82) is 0 Å². The number of methoxy groups -OCH3 is 1. The summed E-state index contributed by atoms with van der Waals surface area (Å²) in [5, 5.41) is 0. The Balaban J connectivity index is 2.39. The normalized spacial score (nSPS) is 11.2. The number of carbonyl (C=O) groups excluding carboxylic acids is 1. The number of ether oxygens (including phenoxy) is 3. The first-order valence-corrected chi connectivity index (χ1v) is 7.73. The first-order chi connectivity index (χ1) is 12.7. The van der Waals surface area contributed by atoms with Crippen molar-refractivity contribution in [2.75, 3.05) is 7.11 Å². The van der Waals surface area contributed by atoms with Gasteiger partial charge in [0.25, 0.3) is 0 Å². The van der Waals surface area contributed by atoms with E-state index in [1.54, 1.807) is 6.92 Å². The molecule has 0 atom stereocenters. The van der Waals surface area contributed by atoms with E-state index in [2.05, 4.69) is 4.74 Å². The lowest BCUT2D eigenvalue weighted by atomic mass is 10.1. The predicted molar refractivity (Wildman–Crippen MR) is 84.5 cm³/mol. The Morgan fingerprint density at radius 2 is 1.78 bits per heavy atom. The highest BCUT2D eigenvalue weighted by Crippen LogP contribution is 2.37. The minimum absolute atomic E-state index is 0.102. The largest absolute Gasteiger partial charge is 0.513 e. The van der Waals surface area contributed by atoms with Crippen molar-refractivity contribution in [1.82, 2.24) is 0 Å². The topological polar surface area (TPSA) is 44.8 Å². The number of hydrogen-bond donors (Lipinski definition) is 0. The Kier molecular flexibility index (Phi) is 6.24. The standard InChI is InChI=1S/C18H15F5O4/c1-3-10-7-14(20)16(8-13(10)19)26-9-11-12(18(21,22)23)5-4-6-15(11)27-17(24)25-2/h4-8H,3,9H2,1-2H3. The molecule has 0 radical (unpaired) electrons. The highest BCUT2D eigenvalue weighted by molar-refractivity contribution is 5.64. The molecule has 9 heteroatoms. The van der Waals surface area contributed by atoms with Gasteiger partial charge in [-0.2, -0.15) is 13.2 Å². The molecule has 0 amide bonds. The van der Waals surface area contributed by atoms with E-state index in [-0.39, 0.29) is 12.0 Å². The maximum absolute atomic E-state index is 14.0. The van der Waals surface area contributed by atoms with Crippen molar-refractivity contribution in [3.8, 4) is 11.5 Å². The Labute approximate surface area is 151 Å². The summed E-state index contributed by atoms with van der Waals surface area (Å²) >= 11 is 0. The summed E-state index contributed by atoms with van der Waals surface area (Å²) in [6, 6.07) is 4.54. The van der Waals surface area contributed by atoms with Crippen LogP contribution in [0, 0.1) is 11.6 Å². The number of halogens is 5. The second-order valence-electron chi connectivity index (χ2n) is 5.35. The maximum atomic E-state index is 14.0. The van der Waals surface area contributed by atoms with Crippen LogP contribution in [-0.2, 0) is 23.9 Å². The van der Waals surface area contributed by atoms with Crippen molar-refractivity contribution in [3.63, 3.8) is 0 Å². The molecule has 0 saturated carbocycles. The Morgan fingerprint density at radius 1 is 1.07 bits per heavy atom. The molecule has 2 rings (SSSR count). The van der Waals surface area contributed by atoms with E-state index in [0.717, 1.165) is 37.4 Å². The van der Waals surface area contributed by atoms with Gasteiger partial charge in [-0.3, -0.25) is 0 Å². The molecule has 0 spiro atoms. The second-order valence-corrected chi connectivity index (χ2v) is 5.35. The smallest absolute Gasteiger partial charge is 0.486 e. The van der Waals surface area contributed by atoms with E-state index in [0.29, 0.717) is 0 Å². The summed E-state index contributed by atoms with van der Waals surface area (Å²) in [6.07, 6.45) is -5.79. The van der Waals surface area contributed by atoms with Crippen molar-refractivity contribution in [3.05, 3.63) is 58.7 Å². The van der Waals surface area contributed by atoms with Crippen molar-refractivity contribution < 1.29 is 41.0 Å². The van der Waals surface area contributed by atoms with Gasteiger partial charge in [0.1, 0.15) is 18.2 Å². The molecule has 0 saturated heterocycles. The SMILES string of the molecule is CCc1cc(F)c(OCc2c(OC(=O)OC)cccc2C(F)(F)F)cc1F. The molecule has 0 aliphatic heterocycles. The molecule has 0 aromatic heterocycles. The lowest BCUT2D eigenvalue weighted by molar-refractivity contribution is -0.138. The molecule has 2 aromatic carbocycles. The number of alkyl halides is 3. The van der Waals surface area contributed by atoms with Gasteiger partial charge in [-0.05, 0) is 30.2 Å². The Bertz CT molecular complexity index is 833. The van der Waals surface area contributed by atoms with E-state index >= 15 is 0 Å². The van der Waals surface area contributed by atoms with Crippen LogP contribution in [0.15, 0.2) is 30.3 Å². The number of rotatable bonds is 5. The van der Waals surface area contributed by atoms with Gasteiger partial charge in [0.15, 0.2) is 11.6 Å². The second kappa shape index (κ2) is 8.24. The molecule has 0 aliphatic carbocycles. The summed E-state index contributed by atoms with van der Waals surface area (Å²) in [4.78, 5) is 11.3. The van der Waals surface area contributed by atoms with Gasteiger partial charge < -0.3 is 14.2 Å². The van der Waals surface area contributed by atoms with Gasteiger partial charge in [-0.1, -0.05) is 13.0 Å². The predicted octanol–water partition coefficient (Wildman–Crippen LogP) is 5.27. The Morgan fingerprint density at radius 3 is 2.37 bits per heavy atom. The molecule has 27 heavy (non-hydrogen) atoms. The van der Waals surface area contributed by atoms with E-state index in [4.69, 9.17) is 9.47 Å². The van der Waals surface area contributed by atoms with Crippen LogP contribution in [0.4, 0.5) is 26.7 Å². The molecule has 0 fully saturated rings. The van der Waals surface area contributed by atoms with Crippen LogP contribution in [-0.4, -0.2) is 13.3 Å². The third kappa shape index (κ3) is 4.87. The molecule has 0 bridgehead atoms. The summed E-state index contributed by atoms with van der Waals surface area (Å²) in [5.74, 6) is -2.70. The third-order valence-corrected chi connectivity index (χ3v) is 3.65. The average molecular weight is 390 g/mol. The zero-order valence-corrected chi connectivity index (χ0v) is 14.3. The van der Waals surface area contributed by atoms with Crippen LogP contribution < -0.4 is 9.47 Å². The first-order valence-electron chi connectivity index (χ1n) is 7.73. The van der Waals surface area contributed by atoms with Crippen molar-refractivity contribution >= 4 is 6.16 Å². The van der Waals surface area contributed by atoms with Gasteiger partial charge in [0.05, 0.1) is 12.7 Å². The molecule has 0 heterocycles. The fourth-order valence-electron chi connectivity index (χ4n) is 2.31. The fraction of sp³-hybridized carbons (Fsp3) is 0.278. The monoisotopic (exact) mass is 390 g/mol. The molecule has 2 aromatic rings. The molecule has 0 N–H and O–H groups in total. The number of aryl methyl sites for hydroxylation is 1. The highest BCUT2D eigenvalue weighted by Gasteiger charge is 2.35. The summed E-state index contributed by atoms with van der Waals surface area (Å²) < 4.78 is 81.6. The van der Waals surface area contributed by atoms with Gasteiger partial charge in [0, 0.05) is 11.6 Å². The van der Waals surface area contributed by atoms with Gasteiger partial charge >= 0.3 is 12.3 Å². The number of hydrogen-bond acceptors (Lipinski definition) is 4. The van der Waals surface area contributed by atoms with E-state index in [9.17, 15) is 26.7 Å². The van der Waals surface area contributed by atoms with Crippen LogP contribution in [0.5, 0.6) is 11.5 Å². The van der Waals surface area contributed by atoms with E-state index < -0.39 is 53.2 Å². The van der Waals surface area contributed by atoms with Crippen molar-refractivity contribution in [2.24, 2.45) is 0 Å². The third-order valence-electron chi connectivity index (χ3n) is 3.65. The first kappa shape index (κ1) is 20.5. The lowest BCUT2D eigenvalue weighted by Crippen LogP contribution is -2.15. The van der Waals surface area contributed by atoms with Crippen LogP contribution in [0.1, 0.15) is 23.6 Å². The van der Waals surface area contributed by atoms with Gasteiger partial charge in [-0.15, -0.1) is 0 Å². The summed E-state index contributed by atoms with van der Waals surface area (Å²) in [6.45, 7) is 0.804.